The Labute approximate surface area is 140 Å². The summed E-state index contributed by atoms with van der Waals surface area (Å²) in [6.07, 6.45) is 3.37. The fraction of sp³-hybridized carbons (Fsp3) is 0.421. The normalized spacial score (nSPS) is 21.8. The monoisotopic (exact) mass is 327 g/mol. The number of carbonyl (C=O) groups excluding carboxylic acids is 1. The predicted molar refractivity (Wildman–Crippen MR) is 88.9 cm³/mol. The molecule has 2 fully saturated rings. The molecule has 4 rings (SSSR count). The van der Waals surface area contributed by atoms with Gasteiger partial charge in [-0.25, -0.2) is 0 Å². The highest BCUT2D eigenvalue weighted by atomic mass is 16.5. The third-order valence-corrected chi connectivity index (χ3v) is 5.07. The minimum atomic E-state index is -0.672. The van der Waals surface area contributed by atoms with Gasteiger partial charge in [0.25, 0.3) is 5.91 Å². The predicted octanol–water partition coefficient (Wildman–Crippen LogP) is 3.08. The molecule has 1 aliphatic carbocycles. The van der Waals surface area contributed by atoms with Gasteiger partial charge < -0.3 is 19.2 Å². The fourth-order valence-corrected chi connectivity index (χ4v) is 3.56. The van der Waals surface area contributed by atoms with E-state index in [0.717, 1.165) is 37.0 Å². The van der Waals surface area contributed by atoms with Crippen LogP contribution in [0.5, 0.6) is 5.75 Å². The van der Waals surface area contributed by atoms with E-state index < -0.39 is 5.60 Å². The van der Waals surface area contributed by atoms with Crippen LogP contribution in [-0.4, -0.2) is 41.2 Å². The van der Waals surface area contributed by atoms with E-state index in [4.69, 9.17) is 9.15 Å². The van der Waals surface area contributed by atoms with Crippen LogP contribution < -0.4 is 4.74 Å². The zero-order chi connectivity index (χ0) is 16.7. The lowest BCUT2D eigenvalue weighted by molar-refractivity contribution is 0.0365. The molecule has 1 amide bonds. The van der Waals surface area contributed by atoms with Crippen molar-refractivity contribution in [1.82, 2.24) is 4.90 Å². The SMILES string of the molecule is COc1cccc(-c2ccc(C(=O)N3CCCC3C3(O)CC3)o2)c1. The first-order valence-corrected chi connectivity index (χ1v) is 8.38. The fourth-order valence-electron chi connectivity index (χ4n) is 3.56. The molecular weight excluding hydrogens is 306 g/mol. The first-order chi connectivity index (χ1) is 11.6. The molecule has 1 unspecified atom stereocenters. The van der Waals surface area contributed by atoms with Crippen LogP contribution in [0.2, 0.25) is 0 Å². The third kappa shape index (κ3) is 2.59. The van der Waals surface area contributed by atoms with Gasteiger partial charge in [-0.1, -0.05) is 12.1 Å². The van der Waals surface area contributed by atoms with Crippen molar-refractivity contribution < 1.29 is 19.1 Å². The largest absolute Gasteiger partial charge is 0.497 e. The lowest BCUT2D eigenvalue weighted by Crippen LogP contribution is -2.44. The molecule has 1 aromatic carbocycles. The molecule has 1 saturated carbocycles. The van der Waals surface area contributed by atoms with Gasteiger partial charge in [0.2, 0.25) is 0 Å². The van der Waals surface area contributed by atoms with Crippen LogP contribution in [0.1, 0.15) is 36.2 Å². The molecule has 0 spiro atoms. The van der Waals surface area contributed by atoms with Gasteiger partial charge in [0.05, 0.1) is 18.8 Å². The smallest absolute Gasteiger partial charge is 0.289 e. The van der Waals surface area contributed by atoms with Gasteiger partial charge in [0.15, 0.2) is 5.76 Å². The number of methoxy groups -OCH3 is 1. The number of nitrogens with zero attached hydrogens (tertiary/aromatic N) is 1. The number of rotatable bonds is 4. The highest BCUT2D eigenvalue weighted by Gasteiger charge is 2.53. The summed E-state index contributed by atoms with van der Waals surface area (Å²) in [6.45, 7) is 0.682. The minimum absolute atomic E-state index is 0.0737. The van der Waals surface area contributed by atoms with Crippen LogP contribution in [0, 0.1) is 0 Å². The lowest BCUT2D eigenvalue weighted by Gasteiger charge is -2.28. The molecule has 2 heterocycles. The average Bonchev–Trinajstić information content (AvgIpc) is 3.06. The molecular formula is C19H21NO4. The number of carbonyl (C=O) groups is 1. The van der Waals surface area contributed by atoms with Crippen molar-refractivity contribution in [2.45, 2.75) is 37.3 Å². The number of hydrogen-bond donors (Lipinski definition) is 1. The summed E-state index contributed by atoms with van der Waals surface area (Å²) in [4.78, 5) is 14.6. The van der Waals surface area contributed by atoms with Crippen molar-refractivity contribution in [1.29, 1.82) is 0 Å². The van der Waals surface area contributed by atoms with Crippen LogP contribution in [0.4, 0.5) is 0 Å². The highest BCUT2D eigenvalue weighted by Crippen LogP contribution is 2.45. The van der Waals surface area contributed by atoms with Gasteiger partial charge in [-0.15, -0.1) is 0 Å². The van der Waals surface area contributed by atoms with Crippen molar-refractivity contribution in [3.05, 3.63) is 42.2 Å². The van der Waals surface area contributed by atoms with Crippen molar-refractivity contribution >= 4 is 5.91 Å². The van der Waals surface area contributed by atoms with Crippen LogP contribution in [0.3, 0.4) is 0 Å². The molecule has 1 atom stereocenters. The number of benzene rings is 1. The second-order valence-corrected chi connectivity index (χ2v) is 6.66. The molecule has 1 aromatic heterocycles. The Morgan fingerprint density at radius 2 is 2.17 bits per heavy atom. The number of ether oxygens (including phenoxy) is 1. The van der Waals surface area contributed by atoms with Gasteiger partial charge in [-0.2, -0.15) is 0 Å². The van der Waals surface area contributed by atoms with Crippen LogP contribution in [0.25, 0.3) is 11.3 Å². The maximum absolute atomic E-state index is 12.8. The number of amides is 1. The first-order valence-electron chi connectivity index (χ1n) is 8.38. The highest BCUT2D eigenvalue weighted by molar-refractivity contribution is 5.92. The molecule has 5 heteroatoms. The van der Waals surface area contributed by atoms with Crippen LogP contribution >= 0.6 is 0 Å². The zero-order valence-corrected chi connectivity index (χ0v) is 13.7. The Kier molecular flexibility index (Phi) is 3.61. The summed E-state index contributed by atoms with van der Waals surface area (Å²) >= 11 is 0. The van der Waals surface area contributed by atoms with Gasteiger partial charge in [-0.3, -0.25) is 4.79 Å². The second-order valence-electron chi connectivity index (χ2n) is 6.66. The molecule has 1 saturated heterocycles. The van der Waals surface area contributed by atoms with E-state index in [1.807, 2.05) is 24.3 Å². The van der Waals surface area contributed by atoms with Gasteiger partial charge in [-0.05, 0) is 49.9 Å². The first kappa shape index (κ1) is 15.3. The van der Waals surface area contributed by atoms with E-state index in [1.54, 1.807) is 24.1 Å². The lowest BCUT2D eigenvalue weighted by atomic mass is 10.1. The van der Waals surface area contributed by atoms with E-state index in [0.29, 0.717) is 18.1 Å². The standard InChI is InChI=1S/C19H21NO4/c1-23-14-5-2-4-13(12-14)15-7-8-16(24-15)18(21)20-11-3-6-17(20)19(22)9-10-19/h2,4-5,7-8,12,17,22H,3,6,9-11H2,1H3. The third-order valence-electron chi connectivity index (χ3n) is 5.07. The summed E-state index contributed by atoms with van der Waals surface area (Å²) < 4.78 is 11.0. The van der Waals surface area contributed by atoms with E-state index in [-0.39, 0.29) is 11.9 Å². The molecule has 1 N–H and O–H groups in total. The Balaban J connectivity index is 1.57. The molecule has 5 nitrogen and oxygen atoms in total. The molecule has 0 bridgehead atoms. The van der Waals surface area contributed by atoms with E-state index >= 15 is 0 Å². The van der Waals surface area contributed by atoms with Gasteiger partial charge in [0, 0.05) is 12.1 Å². The van der Waals surface area contributed by atoms with Gasteiger partial charge in [0.1, 0.15) is 11.5 Å². The maximum Gasteiger partial charge on any atom is 0.289 e. The van der Waals surface area contributed by atoms with E-state index in [2.05, 4.69) is 0 Å². The average molecular weight is 327 g/mol. The summed E-state index contributed by atoms with van der Waals surface area (Å²) in [6, 6.07) is 11.0. The summed E-state index contributed by atoms with van der Waals surface area (Å²) in [7, 11) is 1.62. The zero-order valence-electron chi connectivity index (χ0n) is 13.7. The molecule has 2 aromatic rings. The number of aliphatic hydroxyl groups is 1. The maximum atomic E-state index is 12.8. The molecule has 0 radical (unpaired) electrons. The van der Waals surface area contributed by atoms with E-state index in [1.165, 1.54) is 0 Å². The van der Waals surface area contributed by atoms with Gasteiger partial charge >= 0.3 is 0 Å². The quantitative estimate of drug-likeness (QED) is 0.937. The van der Waals surface area contributed by atoms with Crippen molar-refractivity contribution in [2.75, 3.05) is 13.7 Å². The van der Waals surface area contributed by atoms with E-state index in [9.17, 15) is 9.90 Å². The molecule has 2 aliphatic rings. The summed E-state index contributed by atoms with van der Waals surface area (Å²) in [5.74, 6) is 1.57. The topological polar surface area (TPSA) is 62.9 Å². The number of hydrogen-bond acceptors (Lipinski definition) is 4. The molecule has 24 heavy (non-hydrogen) atoms. The van der Waals surface area contributed by atoms with Crippen LogP contribution in [0.15, 0.2) is 40.8 Å². The minimum Gasteiger partial charge on any atom is -0.497 e. The Morgan fingerprint density at radius 3 is 2.92 bits per heavy atom. The molecule has 1 aliphatic heterocycles. The Bertz CT molecular complexity index is 762. The van der Waals surface area contributed by atoms with Crippen LogP contribution in [-0.2, 0) is 0 Å². The number of likely N-dealkylation sites (tertiary alicyclic amines) is 1. The Hall–Kier alpha value is -2.27. The number of furan rings is 1. The second kappa shape index (κ2) is 5.67. The summed E-state index contributed by atoms with van der Waals surface area (Å²) in [5.41, 5.74) is 0.196. The van der Waals surface area contributed by atoms with Crippen molar-refractivity contribution in [2.24, 2.45) is 0 Å². The Morgan fingerprint density at radius 1 is 1.33 bits per heavy atom. The summed E-state index contributed by atoms with van der Waals surface area (Å²) in [5, 5.41) is 10.4. The van der Waals surface area contributed by atoms with Crippen molar-refractivity contribution in [3.63, 3.8) is 0 Å². The van der Waals surface area contributed by atoms with Crippen molar-refractivity contribution in [3.8, 4) is 17.1 Å². The molecule has 126 valence electrons.